The fourth-order valence-corrected chi connectivity index (χ4v) is 3.01. The summed E-state index contributed by atoms with van der Waals surface area (Å²) >= 11 is 0. The van der Waals surface area contributed by atoms with E-state index in [1.165, 1.54) is 22.3 Å². The topological polar surface area (TPSA) is 12.0 Å². The second-order valence-electron chi connectivity index (χ2n) is 6.75. The summed E-state index contributed by atoms with van der Waals surface area (Å²) in [6, 6.07) is 18.0. The summed E-state index contributed by atoms with van der Waals surface area (Å²) in [6.07, 6.45) is 0. The monoisotopic (exact) mass is 265 g/mol. The molecule has 20 heavy (non-hydrogen) atoms. The zero-order chi connectivity index (χ0) is 14.2. The van der Waals surface area contributed by atoms with Crippen LogP contribution >= 0.6 is 0 Å². The Morgan fingerprint density at radius 2 is 1.65 bits per heavy atom. The normalized spacial score (nSPS) is 18.6. The molecule has 1 nitrogen and oxygen atoms in total. The van der Waals surface area contributed by atoms with Gasteiger partial charge in [0.05, 0.1) is 0 Å². The van der Waals surface area contributed by atoms with Crippen LogP contribution in [0.15, 0.2) is 48.5 Å². The Morgan fingerprint density at radius 3 is 2.35 bits per heavy atom. The smallest absolute Gasteiger partial charge is 0.0218 e. The SMILES string of the molecule is CC(C)(C)c1ccc(C2CNCc3ccccc32)cc1. The summed E-state index contributed by atoms with van der Waals surface area (Å²) in [6.45, 7) is 8.82. The van der Waals surface area contributed by atoms with Gasteiger partial charge in [-0.15, -0.1) is 0 Å². The van der Waals surface area contributed by atoms with E-state index in [4.69, 9.17) is 0 Å². The predicted molar refractivity (Wildman–Crippen MR) is 85.1 cm³/mol. The number of hydrogen-bond donors (Lipinski definition) is 1. The molecule has 1 heterocycles. The molecular weight excluding hydrogens is 242 g/mol. The zero-order valence-electron chi connectivity index (χ0n) is 12.6. The molecule has 104 valence electrons. The minimum absolute atomic E-state index is 0.223. The second-order valence-corrected chi connectivity index (χ2v) is 6.75. The van der Waals surface area contributed by atoms with Crippen LogP contribution in [0.1, 0.15) is 48.9 Å². The standard InChI is InChI=1S/C19H23N/c1-19(2,3)16-10-8-14(9-11-16)18-13-20-12-15-6-4-5-7-17(15)18/h4-11,18,20H,12-13H2,1-3H3. The van der Waals surface area contributed by atoms with Crippen molar-refractivity contribution in [2.75, 3.05) is 6.54 Å². The molecule has 1 unspecified atom stereocenters. The maximum absolute atomic E-state index is 3.53. The van der Waals surface area contributed by atoms with E-state index in [2.05, 4.69) is 74.6 Å². The highest BCUT2D eigenvalue weighted by atomic mass is 14.9. The molecule has 0 fully saturated rings. The van der Waals surface area contributed by atoms with Gasteiger partial charge >= 0.3 is 0 Å². The largest absolute Gasteiger partial charge is 0.312 e. The Hall–Kier alpha value is -1.60. The van der Waals surface area contributed by atoms with Gasteiger partial charge in [0, 0.05) is 19.0 Å². The summed E-state index contributed by atoms with van der Waals surface area (Å²) < 4.78 is 0. The molecule has 2 aromatic carbocycles. The maximum Gasteiger partial charge on any atom is 0.0218 e. The molecule has 0 radical (unpaired) electrons. The van der Waals surface area contributed by atoms with Gasteiger partial charge in [-0.3, -0.25) is 0 Å². The van der Waals surface area contributed by atoms with Crippen LogP contribution < -0.4 is 5.32 Å². The van der Waals surface area contributed by atoms with Gasteiger partial charge in [0.25, 0.3) is 0 Å². The van der Waals surface area contributed by atoms with Crippen molar-refractivity contribution in [3.8, 4) is 0 Å². The number of benzene rings is 2. The Labute approximate surface area is 122 Å². The van der Waals surface area contributed by atoms with Crippen molar-refractivity contribution in [2.45, 2.75) is 38.6 Å². The Balaban J connectivity index is 1.95. The van der Waals surface area contributed by atoms with Gasteiger partial charge in [-0.05, 0) is 27.7 Å². The highest BCUT2D eigenvalue weighted by Gasteiger charge is 2.21. The van der Waals surface area contributed by atoms with Crippen LogP contribution in [0.5, 0.6) is 0 Å². The number of nitrogens with one attached hydrogen (secondary N) is 1. The molecule has 0 saturated heterocycles. The third-order valence-electron chi connectivity index (χ3n) is 4.27. The van der Waals surface area contributed by atoms with Gasteiger partial charge in [-0.1, -0.05) is 69.3 Å². The lowest BCUT2D eigenvalue weighted by Crippen LogP contribution is -2.28. The molecule has 3 rings (SSSR count). The van der Waals surface area contributed by atoms with E-state index >= 15 is 0 Å². The van der Waals surface area contributed by atoms with Crippen molar-refractivity contribution < 1.29 is 0 Å². The molecule has 0 spiro atoms. The van der Waals surface area contributed by atoms with Gasteiger partial charge in [0.15, 0.2) is 0 Å². The van der Waals surface area contributed by atoms with E-state index in [0.717, 1.165) is 13.1 Å². The molecule has 0 bridgehead atoms. The third kappa shape index (κ3) is 2.51. The van der Waals surface area contributed by atoms with E-state index in [1.54, 1.807) is 0 Å². The first-order valence-corrected chi connectivity index (χ1v) is 7.44. The summed E-state index contributed by atoms with van der Waals surface area (Å²) in [5, 5.41) is 3.53. The molecular formula is C19H23N. The van der Waals surface area contributed by atoms with Crippen molar-refractivity contribution in [2.24, 2.45) is 0 Å². The highest BCUT2D eigenvalue weighted by Crippen LogP contribution is 2.31. The Bertz CT molecular complexity index is 590. The van der Waals surface area contributed by atoms with Crippen molar-refractivity contribution in [3.63, 3.8) is 0 Å². The van der Waals surface area contributed by atoms with Gasteiger partial charge in [0.2, 0.25) is 0 Å². The van der Waals surface area contributed by atoms with E-state index in [-0.39, 0.29) is 5.41 Å². The van der Waals surface area contributed by atoms with Gasteiger partial charge in [0.1, 0.15) is 0 Å². The fourth-order valence-electron chi connectivity index (χ4n) is 3.01. The molecule has 1 atom stereocenters. The maximum atomic E-state index is 3.53. The molecule has 1 aliphatic heterocycles. The van der Waals surface area contributed by atoms with Crippen LogP contribution in [0.2, 0.25) is 0 Å². The van der Waals surface area contributed by atoms with Gasteiger partial charge in [-0.2, -0.15) is 0 Å². The average Bonchev–Trinajstić information content (AvgIpc) is 2.46. The van der Waals surface area contributed by atoms with E-state index < -0.39 is 0 Å². The van der Waals surface area contributed by atoms with Crippen molar-refractivity contribution >= 4 is 0 Å². The van der Waals surface area contributed by atoms with E-state index in [1.807, 2.05) is 0 Å². The average molecular weight is 265 g/mol. The Morgan fingerprint density at radius 1 is 0.950 bits per heavy atom. The first kappa shape index (κ1) is 13.4. The van der Waals surface area contributed by atoms with Gasteiger partial charge < -0.3 is 5.32 Å². The highest BCUT2D eigenvalue weighted by molar-refractivity contribution is 5.41. The third-order valence-corrected chi connectivity index (χ3v) is 4.27. The molecule has 1 heteroatoms. The lowest BCUT2D eigenvalue weighted by molar-refractivity contribution is 0.582. The van der Waals surface area contributed by atoms with Crippen LogP contribution in [-0.4, -0.2) is 6.54 Å². The van der Waals surface area contributed by atoms with E-state index in [0.29, 0.717) is 5.92 Å². The Kier molecular flexibility index (Phi) is 3.39. The first-order chi connectivity index (χ1) is 9.55. The quantitative estimate of drug-likeness (QED) is 0.814. The summed E-state index contributed by atoms with van der Waals surface area (Å²) in [5.41, 5.74) is 5.95. The molecule has 0 amide bonds. The summed E-state index contributed by atoms with van der Waals surface area (Å²) in [7, 11) is 0. The minimum atomic E-state index is 0.223. The summed E-state index contributed by atoms with van der Waals surface area (Å²) in [4.78, 5) is 0. The van der Waals surface area contributed by atoms with Crippen LogP contribution in [0.25, 0.3) is 0 Å². The lowest BCUT2D eigenvalue weighted by atomic mass is 9.82. The fraction of sp³-hybridized carbons (Fsp3) is 0.368. The molecule has 0 aliphatic carbocycles. The summed E-state index contributed by atoms with van der Waals surface area (Å²) in [5.74, 6) is 0.481. The first-order valence-electron chi connectivity index (χ1n) is 7.44. The van der Waals surface area contributed by atoms with Crippen LogP contribution in [0, 0.1) is 0 Å². The molecule has 2 aromatic rings. The number of hydrogen-bond acceptors (Lipinski definition) is 1. The predicted octanol–water partition coefficient (Wildman–Crippen LogP) is 4.22. The van der Waals surface area contributed by atoms with Crippen molar-refractivity contribution in [1.29, 1.82) is 0 Å². The lowest BCUT2D eigenvalue weighted by Gasteiger charge is -2.27. The van der Waals surface area contributed by atoms with Crippen LogP contribution in [0.3, 0.4) is 0 Å². The minimum Gasteiger partial charge on any atom is -0.312 e. The van der Waals surface area contributed by atoms with Crippen molar-refractivity contribution in [3.05, 3.63) is 70.8 Å². The number of rotatable bonds is 1. The van der Waals surface area contributed by atoms with Crippen LogP contribution in [0.4, 0.5) is 0 Å². The number of fused-ring (bicyclic) bond motifs is 1. The van der Waals surface area contributed by atoms with Crippen LogP contribution in [-0.2, 0) is 12.0 Å². The van der Waals surface area contributed by atoms with Crippen molar-refractivity contribution in [1.82, 2.24) is 5.32 Å². The second kappa shape index (κ2) is 5.06. The molecule has 1 aliphatic rings. The molecule has 0 aromatic heterocycles. The molecule has 1 N–H and O–H groups in total. The van der Waals surface area contributed by atoms with E-state index in [9.17, 15) is 0 Å². The molecule has 0 saturated carbocycles. The zero-order valence-corrected chi connectivity index (χ0v) is 12.6. The van der Waals surface area contributed by atoms with Gasteiger partial charge in [-0.25, -0.2) is 0 Å².